The van der Waals surface area contributed by atoms with Gasteiger partial charge in [0.05, 0.1) is 20.5 Å². The summed E-state index contributed by atoms with van der Waals surface area (Å²) < 4.78 is 37.7. The van der Waals surface area contributed by atoms with Crippen LogP contribution in [-0.2, 0) is 10.0 Å². The van der Waals surface area contributed by atoms with E-state index < -0.39 is 10.0 Å². The average Bonchev–Trinajstić information content (AvgIpc) is 3.27. The Morgan fingerprint density at radius 2 is 1.96 bits per heavy atom. The van der Waals surface area contributed by atoms with Gasteiger partial charge in [0.1, 0.15) is 5.01 Å². The number of hydrogen-bond acceptors (Lipinski definition) is 8. The Morgan fingerprint density at radius 3 is 2.68 bits per heavy atom. The molecule has 150 valence electrons. The van der Waals surface area contributed by atoms with Crippen molar-refractivity contribution in [2.75, 3.05) is 33.6 Å². The fourth-order valence-corrected chi connectivity index (χ4v) is 5.18. The summed E-state index contributed by atoms with van der Waals surface area (Å²) in [5.41, 5.74) is 0.889. The van der Waals surface area contributed by atoms with Crippen LogP contribution < -0.4 is 9.47 Å². The minimum absolute atomic E-state index is 0.0289. The van der Waals surface area contributed by atoms with Crippen molar-refractivity contribution in [3.63, 3.8) is 0 Å². The summed E-state index contributed by atoms with van der Waals surface area (Å²) in [6.07, 6.45) is 2.89. The standard InChI is InChI=1S/C17H21N5O4S2/c1-25-13-7-6-11(9-14(13)26-2)16-20-22-15(18-19-17(22)27-16)12-5-4-8-21(10-12)28(3,23)24/h6-7,9,12H,4-5,8,10H2,1-3H3. The Bertz CT molecular complexity index is 1110. The smallest absolute Gasteiger partial charge is 0.234 e. The molecule has 1 aliphatic heterocycles. The molecule has 1 unspecified atom stereocenters. The van der Waals surface area contributed by atoms with Crippen molar-refractivity contribution in [2.45, 2.75) is 18.8 Å². The molecule has 3 aromatic rings. The summed E-state index contributed by atoms with van der Waals surface area (Å²) in [6, 6.07) is 5.62. The van der Waals surface area contributed by atoms with E-state index in [2.05, 4.69) is 15.3 Å². The maximum atomic E-state index is 11.9. The van der Waals surface area contributed by atoms with Crippen LogP contribution in [0, 0.1) is 0 Å². The largest absolute Gasteiger partial charge is 0.493 e. The van der Waals surface area contributed by atoms with Gasteiger partial charge in [0.25, 0.3) is 0 Å². The molecule has 2 aromatic heterocycles. The van der Waals surface area contributed by atoms with E-state index in [0.29, 0.717) is 35.4 Å². The highest BCUT2D eigenvalue weighted by Gasteiger charge is 2.30. The summed E-state index contributed by atoms with van der Waals surface area (Å²) in [6.45, 7) is 0.952. The second kappa shape index (κ2) is 7.30. The van der Waals surface area contributed by atoms with E-state index >= 15 is 0 Å². The maximum absolute atomic E-state index is 11.9. The van der Waals surface area contributed by atoms with Gasteiger partial charge >= 0.3 is 0 Å². The van der Waals surface area contributed by atoms with Crippen molar-refractivity contribution >= 4 is 26.3 Å². The highest BCUT2D eigenvalue weighted by atomic mass is 32.2. The molecule has 11 heteroatoms. The zero-order valence-corrected chi connectivity index (χ0v) is 17.5. The van der Waals surface area contributed by atoms with Gasteiger partial charge in [-0.05, 0) is 31.0 Å². The first-order chi connectivity index (χ1) is 13.4. The number of nitrogens with zero attached hydrogens (tertiary/aromatic N) is 5. The van der Waals surface area contributed by atoms with Crippen molar-refractivity contribution in [2.24, 2.45) is 0 Å². The summed E-state index contributed by atoms with van der Waals surface area (Å²) in [7, 11) is -0.0366. The van der Waals surface area contributed by atoms with Crippen molar-refractivity contribution < 1.29 is 17.9 Å². The van der Waals surface area contributed by atoms with Crippen molar-refractivity contribution in [3.8, 4) is 22.1 Å². The number of rotatable bonds is 5. The Labute approximate surface area is 167 Å². The monoisotopic (exact) mass is 423 g/mol. The van der Waals surface area contributed by atoms with E-state index in [1.54, 1.807) is 18.7 Å². The van der Waals surface area contributed by atoms with Gasteiger partial charge < -0.3 is 9.47 Å². The quantitative estimate of drug-likeness (QED) is 0.619. The lowest BCUT2D eigenvalue weighted by atomic mass is 9.99. The second-order valence-electron chi connectivity index (χ2n) is 6.69. The van der Waals surface area contributed by atoms with E-state index in [4.69, 9.17) is 9.47 Å². The number of aromatic nitrogens is 4. The van der Waals surface area contributed by atoms with Crippen molar-refractivity contribution in [1.29, 1.82) is 0 Å². The van der Waals surface area contributed by atoms with Gasteiger partial charge in [0.2, 0.25) is 15.0 Å². The first-order valence-electron chi connectivity index (χ1n) is 8.80. The van der Waals surface area contributed by atoms with Crippen LogP contribution in [0.15, 0.2) is 18.2 Å². The zero-order valence-electron chi connectivity index (χ0n) is 15.8. The molecule has 1 saturated heterocycles. The lowest BCUT2D eigenvalue weighted by Gasteiger charge is -2.29. The third kappa shape index (κ3) is 3.45. The third-order valence-corrected chi connectivity index (χ3v) is 7.08. The van der Waals surface area contributed by atoms with Crippen LogP contribution in [0.5, 0.6) is 11.5 Å². The van der Waals surface area contributed by atoms with Crippen LogP contribution in [0.3, 0.4) is 0 Å². The van der Waals surface area contributed by atoms with Gasteiger partial charge in [-0.2, -0.15) is 9.61 Å². The highest BCUT2D eigenvalue weighted by molar-refractivity contribution is 7.88. The van der Waals surface area contributed by atoms with Gasteiger partial charge in [-0.1, -0.05) is 11.3 Å². The molecule has 0 saturated carbocycles. The minimum atomic E-state index is -3.22. The van der Waals surface area contributed by atoms with Crippen LogP contribution in [0.25, 0.3) is 15.5 Å². The summed E-state index contributed by atoms with van der Waals surface area (Å²) in [5.74, 6) is 1.95. The minimum Gasteiger partial charge on any atom is -0.493 e. The summed E-state index contributed by atoms with van der Waals surface area (Å²) in [5, 5.41) is 14.0. The van der Waals surface area contributed by atoms with E-state index in [1.807, 2.05) is 18.2 Å². The molecule has 0 spiro atoms. The number of hydrogen-bond donors (Lipinski definition) is 0. The number of benzene rings is 1. The Hall–Kier alpha value is -2.24. The fourth-order valence-electron chi connectivity index (χ4n) is 3.43. The molecule has 28 heavy (non-hydrogen) atoms. The van der Waals surface area contributed by atoms with Crippen LogP contribution in [0.2, 0.25) is 0 Å². The van der Waals surface area contributed by atoms with Crippen molar-refractivity contribution in [1.82, 2.24) is 24.1 Å². The van der Waals surface area contributed by atoms with Crippen LogP contribution >= 0.6 is 11.3 Å². The fraction of sp³-hybridized carbons (Fsp3) is 0.471. The first kappa shape index (κ1) is 19.1. The van der Waals surface area contributed by atoms with Crippen LogP contribution in [0.1, 0.15) is 24.6 Å². The number of fused-ring (bicyclic) bond motifs is 1. The third-order valence-electron chi connectivity index (χ3n) is 4.86. The maximum Gasteiger partial charge on any atom is 0.234 e. The SMILES string of the molecule is COc1ccc(-c2nn3c(C4CCCN(S(C)(=O)=O)C4)nnc3s2)cc1OC. The molecular formula is C17H21N5O4S2. The lowest BCUT2D eigenvalue weighted by Crippen LogP contribution is -2.38. The molecule has 9 nitrogen and oxygen atoms in total. The average molecular weight is 424 g/mol. The molecule has 0 bridgehead atoms. The number of sulfonamides is 1. The highest BCUT2D eigenvalue weighted by Crippen LogP contribution is 2.35. The van der Waals surface area contributed by atoms with Gasteiger partial charge in [-0.25, -0.2) is 12.7 Å². The van der Waals surface area contributed by atoms with Crippen LogP contribution in [0.4, 0.5) is 0 Å². The number of ether oxygens (including phenoxy) is 2. The Balaban J connectivity index is 1.68. The first-order valence-corrected chi connectivity index (χ1v) is 11.5. The molecule has 0 N–H and O–H groups in total. The van der Waals surface area contributed by atoms with E-state index in [-0.39, 0.29) is 5.92 Å². The molecule has 0 aliphatic carbocycles. The van der Waals surface area contributed by atoms with Gasteiger partial charge in [0.15, 0.2) is 17.3 Å². The van der Waals surface area contributed by atoms with Gasteiger partial charge in [-0.3, -0.25) is 0 Å². The molecular weight excluding hydrogens is 402 g/mol. The van der Waals surface area contributed by atoms with Crippen molar-refractivity contribution in [3.05, 3.63) is 24.0 Å². The number of piperidine rings is 1. The number of methoxy groups -OCH3 is 2. The molecule has 1 aliphatic rings. The Morgan fingerprint density at radius 1 is 1.18 bits per heavy atom. The normalized spacial score (nSPS) is 18.5. The van der Waals surface area contributed by atoms with Gasteiger partial charge in [0, 0.05) is 24.6 Å². The molecule has 4 rings (SSSR count). The topological polar surface area (TPSA) is 98.9 Å². The zero-order chi connectivity index (χ0) is 19.9. The molecule has 1 aromatic carbocycles. The summed E-state index contributed by atoms with van der Waals surface area (Å²) >= 11 is 1.42. The van der Waals surface area contributed by atoms with E-state index in [9.17, 15) is 8.42 Å². The lowest BCUT2D eigenvalue weighted by molar-refractivity contribution is 0.309. The second-order valence-corrected chi connectivity index (χ2v) is 9.63. The van der Waals surface area contributed by atoms with E-state index in [1.165, 1.54) is 21.9 Å². The molecule has 0 radical (unpaired) electrons. The molecule has 3 heterocycles. The Kier molecular flexibility index (Phi) is 4.98. The van der Waals surface area contributed by atoms with E-state index in [0.717, 1.165) is 23.4 Å². The van der Waals surface area contributed by atoms with Crippen LogP contribution in [-0.4, -0.2) is 66.1 Å². The molecule has 1 atom stereocenters. The predicted octanol–water partition coefficient (Wildman–Crippen LogP) is 2.01. The summed E-state index contributed by atoms with van der Waals surface area (Å²) in [4.78, 5) is 0.677. The predicted molar refractivity (Wildman–Crippen MR) is 106 cm³/mol. The van der Waals surface area contributed by atoms with Gasteiger partial charge in [-0.15, -0.1) is 10.2 Å². The molecule has 0 amide bonds. The molecule has 1 fully saturated rings.